The SMILES string of the molecule is Cc1c2n(c3ccccc13)C(O)(C(F)(F)F)C=C2c1cc2ccccc2c2ccccc12. The zero-order chi connectivity index (χ0) is 22.3. The lowest BCUT2D eigenvalue weighted by Crippen LogP contribution is -2.44. The molecule has 0 radical (unpaired) electrons. The lowest BCUT2D eigenvalue weighted by atomic mass is 9.91. The van der Waals surface area contributed by atoms with Crippen molar-refractivity contribution in [1.29, 1.82) is 0 Å². The molecule has 1 N–H and O–H groups in total. The van der Waals surface area contributed by atoms with Crippen LogP contribution in [-0.2, 0) is 5.72 Å². The Morgan fingerprint density at radius 2 is 1.38 bits per heavy atom. The molecule has 6 rings (SSSR count). The van der Waals surface area contributed by atoms with Crippen LogP contribution in [0.25, 0.3) is 38.0 Å². The van der Waals surface area contributed by atoms with Gasteiger partial charge in [0.25, 0.3) is 5.72 Å². The number of aliphatic hydroxyl groups is 1. The molecular formula is C27H18F3NO. The summed E-state index contributed by atoms with van der Waals surface area (Å²) < 4.78 is 43.9. The standard InChI is InChI=1S/C27H18F3NO/c1-16-18-9-6-7-13-24(18)31-25(16)23(15-26(31,32)27(28,29)30)22-14-17-8-2-3-10-19(17)20-11-4-5-12-21(20)22/h2-15,32H,1H3. The molecule has 1 aliphatic rings. The van der Waals surface area contributed by atoms with Gasteiger partial charge in [-0.3, -0.25) is 0 Å². The molecule has 0 saturated heterocycles. The number of aryl methyl sites for hydroxylation is 1. The van der Waals surface area contributed by atoms with E-state index >= 15 is 0 Å². The van der Waals surface area contributed by atoms with Gasteiger partial charge in [0.2, 0.25) is 0 Å². The Hall–Kier alpha value is -3.57. The average molecular weight is 429 g/mol. The first kappa shape index (κ1) is 19.1. The number of aromatic nitrogens is 1. The van der Waals surface area contributed by atoms with Gasteiger partial charge in [-0.15, -0.1) is 0 Å². The van der Waals surface area contributed by atoms with E-state index in [1.54, 1.807) is 24.3 Å². The Bertz CT molecular complexity index is 1590. The zero-order valence-electron chi connectivity index (χ0n) is 17.1. The largest absolute Gasteiger partial charge is 0.441 e. The molecule has 0 spiro atoms. The van der Waals surface area contributed by atoms with E-state index in [1.165, 1.54) is 0 Å². The van der Waals surface area contributed by atoms with Crippen LogP contribution >= 0.6 is 0 Å². The number of fused-ring (bicyclic) bond motifs is 6. The minimum atomic E-state index is -4.88. The van der Waals surface area contributed by atoms with Crippen LogP contribution in [0, 0.1) is 6.92 Å². The molecule has 1 atom stereocenters. The quantitative estimate of drug-likeness (QED) is 0.288. The predicted molar refractivity (Wildman–Crippen MR) is 121 cm³/mol. The van der Waals surface area contributed by atoms with Gasteiger partial charge in [0.15, 0.2) is 0 Å². The molecule has 1 aliphatic heterocycles. The van der Waals surface area contributed by atoms with E-state index in [1.807, 2.05) is 61.5 Å². The van der Waals surface area contributed by atoms with Crippen molar-refractivity contribution in [3.05, 3.63) is 102 Å². The van der Waals surface area contributed by atoms with Crippen LogP contribution in [0.15, 0.2) is 84.9 Å². The fraction of sp³-hybridized carbons (Fsp3) is 0.111. The molecule has 0 aliphatic carbocycles. The summed E-state index contributed by atoms with van der Waals surface area (Å²) in [5.74, 6) is 0. The molecule has 1 unspecified atom stereocenters. The van der Waals surface area contributed by atoms with Crippen molar-refractivity contribution in [1.82, 2.24) is 4.57 Å². The van der Waals surface area contributed by atoms with E-state index in [-0.39, 0.29) is 0 Å². The van der Waals surface area contributed by atoms with Gasteiger partial charge < -0.3 is 9.67 Å². The Labute approximate surface area is 181 Å². The maximum atomic E-state index is 14.3. The van der Waals surface area contributed by atoms with E-state index in [0.29, 0.717) is 33.3 Å². The molecule has 0 fully saturated rings. The smallest absolute Gasteiger partial charge is 0.360 e. The first-order chi connectivity index (χ1) is 15.3. The van der Waals surface area contributed by atoms with E-state index in [9.17, 15) is 18.3 Å². The monoisotopic (exact) mass is 429 g/mol. The third-order valence-electron chi connectivity index (χ3n) is 6.54. The Morgan fingerprint density at radius 3 is 2.09 bits per heavy atom. The minimum Gasteiger partial charge on any atom is -0.360 e. The molecule has 2 nitrogen and oxygen atoms in total. The molecule has 2 heterocycles. The zero-order valence-corrected chi connectivity index (χ0v) is 17.1. The van der Waals surface area contributed by atoms with E-state index in [4.69, 9.17) is 0 Å². The highest BCUT2D eigenvalue weighted by atomic mass is 19.4. The number of hydrogen-bond donors (Lipinski definition) is 1. The molecule has 0 amide bonds. The molecule has 32 heavy (non-hydrogen) atoms. The highest BCUT2D eigenvalue weighted by molar-refractivity contribution is 6.13. The summed E-state index contributed by atoms with van der Waals surface area (Å²) in [4.78, 5) is 0. The van der Waals surface area contributed by atoms with Gasteiger partial charge in [-0.2, -0.15) is 13.2 Å². The van der Waals surface area contributed by atoms with E-state index in [2.05, 4.69) is 0 Å². The second kappa shape index (κ2) is 6.24. The summed E-state index contributed by atoms with van der Waals surface area (Å²) in [6.07, 6.45) is -3.91. The van der Waals surface area contributed by atoms with Gasteiger partial charge in [0.05, 0.1) is 11.2 Å². The summed E-state index contributed by atoms with van der Waals surface area (Å²) in [6.45, 7) is 1.81. The molecular weight excluding hydrogens is 411 g/mol. The van der Waals surface area contributed by atoms with Gasteiger partial charge >= 0.3 is 6.18 Å². The molecule has 5 aromatic rings. The minimum absolute atomic E-state index is 0.358. The molecule has 4 aromatic carbocycles. The second-order valence-corrected chi connectivity index (χ2v) is 8.30. The fourth-order valence-corrected chi connectivity index (χ4v) is 5.10. The van der Waals surface area contributed by atoms with E-state index < -0.39 is 11.9 Å². The van der Waals surface area contributed by atoms with Crippen molar-refractivity contribution >= 4 is 38.0 Å². The normalized spacial score (nSPS) is 18.5. The maximum absolute atomic E-state index is 14.3. The first-order valence-corrected chi connectivity index (χ1v) is 10.3. The Morgan fingerprint density at radius 1 is 0.781 bits per heavy atom. The van der Waals surface area contributed by atoms with Crippen molar-refractivity contribution in [2.24, 2.45) is 0 Å². The van der Waals surface area contributed by atoms with E-state index in [0.717, 1.165) is 32.2 Å². The van der Waals surface area contributed by atoms with Crippen LogP contribution in [-0.4, -0.2) is 15.8 Å². The van der Waals surface area contributed by atoms with Gasteiger partial charge in [-0.1, -0.05) is 66.7 Å². The summed E-state index contributed by atoms with van der Waals surface area (Å²) in [6, 6.07) is 24.4. The third kappa shape index (κ3) is 2.34. The van der Waals surface area contributed by atoms with Crippen LogP contribution in [0.2, 0.25) is 0 Å². The van der Waals surface area contributed by atoms with Crippen molar-refractivity contribution in [3.8, 4) is 0 Å². The summed E-state index contributed by atoms with van der Waals surface area (Å²) in [5.41, 5.74) is -0.600. The maximum Gasteiger partial charge on any atom is 0.441 e. The Kier molecular flexibility index (Phi) is 3.73. The molecule has 1 aromatic heterocycles. The summed E-state index contributed by atoms with van der Waals surface area (Å²) in [7, 11) is 0. The number of para-hydroxylation sites is 1. The fourth-order valence-electron chi connectivity index (χ4n) is 5.10. The molecule has 158 valence electrons. The first-order valence-electron chi connectivity index (χ1n) is 10.3. The molecule has 0 bridgehead atoms. The average Bonchev–Trinajstić information content (AvgIpc) is 3.27. The predicted octanol–water partition coefficient (Wildman–Crippen LogP) is 6.91. The summed E-state index contributed by atoms with van der Waals surface area (Å²) >= 11 is 0. The number of rotatable bonds is 1. The van der Waals surface area contributed by atoms with Crippen molar-refractivity contribution in [2.75, 3.05) is 0 Å². The van der Waals surface area contributed by atoms with Crippen molar-refractivity contribution < 1.29 is 18.3 Å². The third-order valence-corrected chi connectivity index (χ3v) is 6.54. The number of hydrogen-bond acceptors (Lipinski definition) is 1. The highest BCUT2D eigenvalue weighted by Crippen LogP contribution is 2.51. The van der Waals surface area contributed by atoms with Crippen molar-refractivity contribution in [2.45, 2.75) is 18.8 Å². The van der Waals surface area contributed by atoms with Gasteiger partial charge in [0, 0.05) is 11.0 Å². The Balaban J connectivity index is 1.78. The number of benzene rings is 4. The molecule has 0 saturated carbocycles. The van der Waals surface area contributed by atoms with Gasteiger partial charge in [0.1, 0.15) is 0 Å². The second-order valence-electron chi connectivity index (χ2n) is 8.30. The van der Waals surface area contributed by atoms with Gasteiger partial charge in [-0.05, 0) is 57.8 Å². The topological polar surface area (TPSA) is 25.2 Å². The van der Waals surface area contributed by atoms with Crippen molar-refractivity contribution in [3.63, 3.8) is 0 Å². The lowest BCUT2D eigenvalue weighted by Gasteiger charge is -2.27. The van der Waals surface area contributed by atoms with Crippen LogP contribution < -0.4 is 0 Å². The van der Waals surface area contributed by atoms with Crippen LogP contribution in [0.3, 0.4) is 0 Å². The number of nitrogens with zero attached hydrogens (tertiary/aromatic N) is 1. The molecule has 5 heteroatoms. The highest BCUT2D eigenvalue weighted by Gasteiger charge is 2.58. The number of halogens is 3. The van der Waals surface area contributed by atoms with Crippen LogP contribution in [0.5, 0.6) is 0 Å². The number of alkyl halides is 3. The lowest BCUT2D eigenvalue weighted by molar-refractivity contribution is -0.272. The van der Waals surface area contributed by atoms with Crippen LogP contribution in [0.4, 0.5) is 13.2 Å². The summed E-state index contributed by atoms with van der Waals surface area (Å²) in [5, 5.41) is 15.5. The van der Waals surface area contributed by atoms with Gasteiger partial charge in [-0.25, -0.2) is 0 Å². The van der Waals surface area contributed by atoms with Crippen LogP contribution in [0.1, 0.15) is 16.8 Å².